The van der Waals surface area contributed by atoms with E-state index in [1.54, 1.807) is 11.3 Å². The number of aromatic nitrogens is 5. The number of para-hydroxylation sites is 1. The lowest BCUT2D eigenvalue weighted by atomic mass is 10.1. The molecule has 0 unspecified atom stereocenters. The normalized spacial score (nSPS) is 10.9. The van der Waals surface area contributed by atoms with E-state index in [1.807, 2.05) is 35.7 Å². The second-order valence-corrected chi connectivity index (χ2v) is 7.58. The molecule has 142 valence electrons. The molecule has 3 heterocycles. The average Bonchev–Trinajstić information content (AvgIpc) is 3.38. The van der Waals surface area contributed by atoms with Crippen LogP contribution in [-0.2, 0) is 12.2 Å². The lowest BCUT2D eigenvalue weighted by Gasteiger charge is -2.10. The highest BCUT2D eigenvalue weighted by Gasteiger charge is 2.12. The van der Waals surface area contributed by atoms with Crippen molar-refractivity contribution in [2.24, 2.45) is 0 Å². The van der Waals surface area contributed by atoms with E-state index in [9.17, 15) is 0 Å². The number of nitrogens with one attached hydrogen (secondary N) is 1. The molecule has 0 atom stereocenters. The summed E-state index contributed by atoms with van der Waals surface area (Å²) in [7, 11) is 0. The Morgan fingerprint density at radius 1 is 1.11 bits per heavy atom. The molecule has 0 spiro atoms. The lowest BCUT2D eigenvalue weighted by Crippen LogP contribution is -2.07. The number of thioether (sulfide) groups is 1. The lowest BCUT2D eigenvalue weighted by molar-refractivity contribution is 0.466. The van der Waals surface area contributed by atoms with Crippen LogP contribution in [0.2, 0.25) is 0 Å². The van der Waals surface area contributed by atoms with E-state index in [1.165, 1.54) is 17.3 Å². The van der Waals surface area contributed by atoms with E-state index in [0.717, 1.165) is 17.0 Å². The first-order chi connectivity index (χ1) is 13.7. The van der Waals surface area contributed by atoms with Gasteiger partial charge in [-0.05, 0) is 29.5 Å². The average molecular weight is 412 g/mol. The number of hydrogen-bond donors (Lipinski definition) is 2. The summed E-state index contributed by atoms with van der Waals surface area (Å²) in [4.78, 5) is 13.8. The highest BCUT2D eigenvalue weighted by Crippen LogP contribution is 2.28. The van der Waals surface area contributed by atoms with Gasteiger partial charge >= 0.3 is 0 Å². The molecule has 0 aliphatic rings. The number of hydrogen-bond acceptors (Lipinski definition) is 10. The minimum atomic E-state index is 0.159. The summed E-state index contributed by atoms with van der Waals surface area (Å²) in [6.45, 7) is 2.10. The van der Waals surface area contributed by atoms with Gasteiger partial charge in [0.15, 0.2) is 0 Å². The first-order valence-corrected chi connectivity index (χ1v) is 10.4. The van der Waals surface area contributed by atoms with E-state index < -0.39 is 0 Å². The number of aryl methyl sites for hydroxylation is 1. The molecule has 0 amide bonds. The van der Waals surface area contributed by atoms with E-state index in [-0.39, 0.29) is 5.95 Å². The number of rotatable bonds is 7. The zero-order valence-electron chi connectivity index (χ0n) is 15.0. The molecule has 8 nitrogen and oxygen atoms in total. The Labute approximate surface area is 169 Å². The molecule has 0 fully saturated rings. The van der Waals surface area contributed by atoms with Crippen LogP contribution in [0.1, 0.15) is 18.3 Å². The fourth-order valence-corrected chi connectivity index (χ4v) is 3.79. The molecular weight excluding hydrogens is 394 g/mol. The van der Waals surface area contributed by atoms with E-state index in [0.29, 0.717) is 28.6 Å². The first kappa shape index (κ1) is 18.4. The van der Waals surface area contributed by atoms with Crippen molar-refractivity contribution in [3.05, 3.63) is 53.2 Å². The Kier molecular flexibility index (Phi) is 5.49. The van der Waals surface area contributed by atoms with Crippen LogP contribution < -0.4 is 11.1 Å². The van der Waals surface area contributed by atoms with Crippen LogP contribution in [0.25, 0.3) is 10.8 Å². The Morgan fingerprint density at radius 2 is 2.00 bits per heavy atom. The maximum absolute atomic E-state index is 5.86. The minimum absolute atomic E-state index is 0.159. The van der Waals surface area contributed by atoms with Gasteiger partial charge in [0.1, 0.15) is 5.82 Å². The van der Waals surface area contributed by atoms with Crippen LogP contribution in [0.3, 0.4) is 0 Å². The molecule has 10 heteroatoms. The van der Waals surface area contributed by atoms with Gasteiger partial charge in [-0.15, -0.1) is 21.5 Å². The number of nitrogens with two attached hydrogens (primary N) is 1. The van der Waals surface area contributed by atoms with Crippen LogP contribution in [0.5, 0.6) is 0 Å². The molecule has 28 heavy (non-hydrogen) atoms. The van der Waals surface area contributed by atoms with Gasteiger partial charge in [0.05, 0.1) is 10.6 Å². The zero-order valence-corrected chi connectivity index (χ0v) is 16.6. The molecule has 0 aliphatic heterocycles. The second kappa shape index (κ2) is 8.36. The van der Waals surface area contributed by atoms with Crippen molar-refractivity contribution >= 4 is 40.7 Å². The smallest absolute Gasteiger partial charge is 0.277 e. The van der Waals surface area contributed by atoms with Gasteiger partial charge in [-0.25, -0.2) is 0 Å². The predicted octanol–water partition coefficient (Wildman–Crippen LogP) is 4.16. The second-order valence-electron chi connectivity index (χ2n) is 5.71. The van der Waals surface area contributed by atoms with Gasteiger partial charge in [-0.2, -0.15) is 15.0 Å². The topological polar surface area (TPSA) is 116 Å². The van der Waals surface area contributed by atoms with Crippen LogP contribution in [0, 0.1) is 0 Å². The van der Waals surface area contributed by atoms with E-state index >= 15 is 0 Å². The molecule has 1 aromatic carbocycles. The molecule has 0 bridgehead atoms. The van der Waals surface area contributed by atoms with Gasteiger partial charge < -0.3 is 15.5 Å². The van der Waals surface area contributed by atoms with Crippen molar-refractivity contribution in [1.29, 1.82) is 0 Å². The molecule has 0 radical (unpaired) electrons. The first-order valence-electron chi connectivity index (χ1n) is 8.57. The number of thiophene rings is 1. The monoisotopic (exact) mass is 411 g/mol. The molecule has 3 aromatic heterocycles. The number of benzene rings is 1. The highest BCUT2D eigenvalue weighted by atomic mass is 32.2. The van der Waals surface area contributed by atoms with Crippen LogP contribution in [0.15, 0.2) is 51.4 Å². The predicted molar refractivity (Wildman–Crippen MR) is 111 cm³/mol. The Hall–Kier alpha value is -2.98. The molecule has 4 aromatic rings. The van der Waals surface area contributed by atoms with Crippen molar-refractivity contribution in [2.75, 3.05) is 11.1 Å². The molecule has 0 saturated carbocycles. The largest absolute Gasteiger partial charge is 0.410 e. The van der Waals surface area contributed by atoms with Gasteiger partial charge in [0, 0.05) is 5.69 Å². The Bertz CT molecular complexity index is 1070. The third kappa shape index (κ3) is 4.29. The number of anilines is 3. The van der Waals surface area contributed by atoms with Crippen LogP contribution >= 0.6 is 23.1 Å². The fourth-order valence-electron chi connectivity index (χ4n) is 2.52. The highest BCUT2D eigenvalue weighted by molar-refractivity contribution is 7.98. The zero-order chi connectivity index (χ0) is 19.3. The third-order valence-corrected chi connectivity index (χ3v) is 5.48. The van der Waals surface area contributed by atoms with E-state index in [4.69, 9.17) is 10.2 Å². The van der Waals surface area contributed by atoms with Crippen LogP contribution in [0.4, 0.5) is 17.6 Å². The Balaban J connectivity index is 1.47. The van der Waals surface area contributed by atoms with Crippen molar-refractivity contribution in [3.63, 3.8) is 0 Å². The summed E-state index contributed by atoms with van der Waals surface area (Å²) in [6.07, 6.45) is 0.899. The SMILES string of the molecule is CCc1ccccc1Nc1nc(N)nc(CSc2nnc(-c3cccs3)o2)n1. The number of nitrogens with zero attached hydrogens (tertiary/aromatic N) is 5. The molecule has 0 aliphatic carbocycles. The summed E-state index contributed by atoms with van der Waals surface area (Å²) < 4.78 is 5.67. The minimum Gasteiger partial charge on any atom is -0.410 e. The quantitative estimate of drug-likeness (QED) is 0.432. The molecule has 3 N–H and O–H groups in total. The van der Waals surface area contributed by atoms with Crippen LogP contribution in [-0.4, -0.2) is 25.1 Å². The Morgan fingerprint density at radius 3 is 2.82 bits per heavy atom. The number of nitrogen functional groups attached to an aromatic ring is 1. The summed E-state index contributed by atoms with van der Waals surface area (Å²) in [6, 6.07) is 11.9. The molecule has 4 rings (SSSR count). The van der Waals surface area contributed by atoms with Gasteiger partial charge in [0.2, 0.25) is 11.9 Å². The van der Waals surface area contributed by atoms with Crippen molar-refractivity contribution in [1.82, 2.24) is 25.1 Å². The summed E-state index contributed by atoms with van der Waals surface area (Å²) in [5.74, 6) is 2.04. The van der Waals surface area contributed by atoms with Crippen molar-refractivity contribution in [2.45, 2.75) is 24.3 Å². The molecule has 0 saturated heterocycles. The summed E-state index contributed by atoms with van der Waals surface area (Å²) in [5.41, 5.74) is 7.98. The summed E-state index contributed by atoms with van der Waals surface area (Å²) in [5, 5.41) is 13.8. The van der Waals surface area contributed by atoms with Crippen molar-refractivity contribution in [3.8, 4) is 10.8 Å². The standard InChI is InChI=1S/C18H17N7OS2/c1-2-11-6-3-4-7-12(11)20-17-22-14(21-16(19)23-17)10-28-18-25-24-15(26-18)13-8-5-9-27-13/h3-9H,2,10H2,1H3,(H3,19,20,21,22,23). The van der Waals surface area contributed by atoms with E-state index in [2.05, 4.69) is 43.5 Å². The molecular formula is C18H17N7OS2. The fraction of sp³-hybridized carbons (Fsp3) is 0.167. The van der Waals surface area contributed by atoms with Gasteiger partial charge in [-0.3, -0.25) is 0 Å². The third-order valence-electron chi connectivity index (χ3n) is 3.81. The van der Waals surface area contributed by atoms with Gasteiger partial charge in [-0.1, -0.05) is 43.0 Å². The maximum atomic E-state index is 5.86. The van der Waals surface area contributed by atoms with Gasteiger partial charge in [0.25, 0.3) is 11.1 Å². The summed E-state index contributed by atoms with van der Waals surface area (Å²) >= 11 is 2.90. The van der Waals surface area contributed by atoms with Crippen molar-refractivity contribution < 1.29 is 4.42 Å². The maximum Gasteiger partial charge on any atom is 0.277 e.